The van der Waals surface area contributed by atoms with E-state index in [9.17, 15) is 14.4 Å². The molecule has 2 atom stereocenters. The molecule has 2 N–H and O–H groups in total. The van der Waals surface area contributed by atoms with Crippen LogP contribution in [0.2, 0.25) is 0 Å². The van der Waals surface area contributed by atoms with Gasteiger partial charge in [-0.05, 0) is 44.5 Å². The zero-order chi connectivity index (χ0) is 19.6. The maximum atomic E-state index is 12.6. The monoisotopic (exact) mass is 374 g/mol. The first-order valence-electron chi connectivity index (χ1n) is 9.25. The van der Waals surface area contributed by atoms with Gasteiger partial charge in [0.15, 0.2) is 0 Å². The van der Waals surface area contributed by atoms with Crippen LogP contribution in [-0.2, 0) is 14.3 Å². The number of rotatable bonds is 5. The third kappa shape index (κ3) is 3.75. The van der Waals surface area contributed by atoms with Crippen LogP contribution < -0.4 is 15.5 Å². The summed E-state index contributed by atoms with van der Waals surface area (Å²) in [5.41, 5.74) is 0.733. The van der Waals surface area contributed by atoms with Crippen molar-refractivity contribution >= 4 is 29.2 Å². The molecule has 2 fully saturated rings. The molecule has 2 aliphatic heterocycles. The standard InChI is InChI=1S/C19H26N4O4/c1-4-19(3)17(25)23(18(26)21-19)13(2)16(24)20-14-5-7-15(8-6-14)22-9-11-27-12-10-22/h5-8,13H,4,9-12H2,1-3H3,(H,20,24)(H,21,26)/t13-,19-/m1/s1. The van der Waals surface area contributed by atoms with E-state index in [0.29, 0.717) is 25.3 Å². The molecule has 1 aromatic carbocycles. The van der Waals surface area contributed by atoms with Gasteiger partial charge in [0.2, 0.25) is 5.91 Å². The molecular formula is C19H26N4O4. The van der Waals surface area contributed by atoms with Gasteiger partial charge in [0.25, 0.3) is 5.91 Å². The van der Waals surface area contributed by atoms with E-state index in [0.717, 1.165) is 23.7 Å². The number of imide groups is 1. The van der Waals surface area contributed by atoms with Crippen LogP contribution in [0.25, 0.3) is 0 Å². The summed E-state index contributed by atoms with van der Waals surface area (Å²) in [6.07, 6.45) is 0.464. The molecule has 0 radical (unpaired) electrons. The van der Waals surface area contributed by atoms with Gasteiger partial charge >= 0.3 is 6.03 Å². The number of urea groups is 1. The largest absolute Gasteiger partial charge is 0.378 e. The number of amides is 4. The number of nitrogens with zero attached hydrogens (tertiary/aromatic N) is 2. The molecule has 1 aromatic rings. The summed E-state index contributed by atoms with van der Waals surface area (Å²) in [4.78, 5) is 40.5. The van der Waals surface area contributed by atoms with Crippen LogP contribution in [0.1, 0.15) is 27.2 Å². The number of morpholine rings is 1. The van der Waals surface area contributed by atoms with Crippen molar-refractivity contribution in [2.24, 2.45) is 0 Å². The van der Waals surface area contributed by atoms with Gasteiger partial charge in [-0.25, -0.2) is 9.69 Å². The third-order valence-corrected chi connectivity index (χ3v) is 5.28. The molecule has 3 rings (SSSR count). The predicted molar refractivity (Wildman–Crippen MR) is 102 cm³/mol. The quantitative estimate of drug-likeness (QED) is 0.764. The first-order valence-corrected chi connectivity index (χ1v) is 9.25. The maximum Gasteiger partial charge on any atom is 0.325 e. The Kier molecular flexibility index (Phi) is 5.36. The van der Waals surface area contributed by atoms with Crippen molar-refractivity contribution < 1.29 is 19.1 Å². The molecule has 0 spiro atoms. The second kappa shape index (κ2) is 7.56. The number of carbonyl (C=O) groups is 3. The summed E-state index contributed by atoms with van der Waals surface area (Å²) in [5.74, 6) is -0.779. The molecule has 0 bridgehead atoms. The summed E-state index contributed by atoms with van der Waals surface area (Å²) in [7, 11) is 0. The number of ether oxygens (including phenoxy) is 1. The van der Waals surface area contributed by atoms with Crippen molar-refractivity contribution in [2.45, 2.75) is 38.8 Å². The highest BCUT2D eigenvalue weighted by atomic mass is 16.5. The van der Waals surface area contributed by atoms with E-state index in [4.69, 9.17) is 4.74 Å². The highest BCUT2D eigenvalue weighted by Gasteiger charge is 2.49. The molecule has 0 unspecified atom stereocenters. The van der Waals surface area contributed by atoms with E-state index >= 15 is 0 Å². The van der Waals surface area contributed by atoms with E-state index in [1.807, 2.05) is 31.2 Å². The molecule has 0 aliphatic carbocycles. The summed E-state index contributed by atoms with van der Waals surface area (Å²) in [6, 6.07) is 6.08. The molecular weight excluding hydrogens is 348 g/mol. The number of carbonyl (C=O) groups excluding carboxylic acids is 3. The molecule has 8 nitrogen and oxygen atoms in total. The maximum absolute atomic E-state index is 12.6. The molecule has 146 valence electrons. The van der Waals surface area contributed by atoms with Gasteiger partial charge in [0.1, 0.15) is 11.6 Å². The lowest BCUT2D eigenvalue weighted by molar-refractivity contribution is -0.136. The van der Waals surface area contributed by atoms with Gasteiger partial charge in [0, 0.05) is 24.5 Å². The Morgan fingerprint density at radius 1 is 1.26 bits per heavy atom. The lowest BCUT2D eigenvalue weighted by atomic mass is 9.99. The number of benzene rings is 1. The van der Waals surface area contributed by atoms with Crippen molar-refractivity contribution in [1.82, 2.24) is 10.2 Å². The molecule has 2 heterocycles. The fraction of sp³-hybridized carbons (Fsp3) is 0.526. The van der Waals surface area contributed by atoms with Gasteiger partial charge in [-0.3, -0.25) is 9.59 Å². The van der Waals surface area contributed by atoms with E-state index in [1.165, 1.54) is 0 Å². The van der Waals surface area contributed by atoms with Crippen molar-refractivity contribution in [1.29, 1.82) is 0 Å². The SMILES string of the molecule is CC[C@@]1(C)NC(=O)N([C@H](C)C(=O)Nc2ccc(N3CCOCC3)cc2)C1=O. The number of anilines is 2. The highest BCUT2D eigenvalue weighted by molar-refractivity contribution is 6.10. The molecule has 0 aromatic heterocycles. The lowest BCUT2D eigenvalue weighted by Crippen LogP contribution is -2.47. The predicted octanol–water partition coefficient (Wildman–Crippen LogP) is 1.57. The Labute approximate surface area is 158 Å². The number of hydrogen-bond donors (Lipinski definition) is 2. The minimum absolute atomic E-state index is 0.375. The fourth-order valence-corrected chi connectivity index (χ4v) is 3.24. The topological polar surface area (TPSA) is 91.0 Å². The van der Waals surface area contributed by atoms with E-state index in [1.54, 1.807) is 13.8 Å². The van der Waals surface area contributed by atoms with Crippen LogP contribution >= 0.6 is 0 Å². The van der Waals surface area contributed by atoms with Crippen LogP contribution in [0.4, 0.5) is 16.2 Å². The van der Waals surface area contributed by atoms with Gasteiger partial charge in [-0.1, -0.05) is 6.92 Å². The Morgan fingerprint density at radius 2 is 1.89 bits per heavy atom. The van der Waals surface area contributed by atoms with Crippen molar-refractivity contribution in [3.8, 4) is 0 Å². The Balaban J connectivity index is 1.64. The third-order valence-electron chi connectivity index (χ3n) is 5.28. The molecule has 4 amide bonds. The van der Waals surface area contributed by atoms with Crippen LogP contribution in [-0.4, -0.2) is 60.6 Å². The summed E-state index contributed by atoms with van der Waals surface area (Å²) in [6.45, 7) is 8.13. The minimum atomic E-state index is -0.953. The first kappa shape index (κ1) is 19.2. The van der Waals surface area contributed by atoms with E-state index in [2.05, 4.69) is 15.5 Å². The van der Waals surface area contributed by atoms with Crippen LogP contribution in [0, 0.1) is 0 Å². The highest BCUT2D eigenvalue weighted by Crippen LogP contribution is 2.24. The average Bonchev–Trinajstić information content (AvgIpc) is 2.91. The number of hydrogen-bond acceptors (Lipinski definition) is 5. The lowest BCUT2D eigenvalue weighted by Gasteiger charge is -2.29. The minimum Gasteiger partial charge on any atom is -0.378 e. The Bertz CT molecular complexity index is 730. The van der Waals surface area contributed by atoms with Crippen LogP contribution in [0.15, 0.2) is 24.3 Å². The second-order valence-corrected chi connectivity index (χ2v) is 7.10. The van der Waals surface area contributed by atoms with Crippen molar-refractivity contribution in [3.63, 3.8) is 0 Å². The van der Waals surface area contributed by atoms with Crippen molar-refractivity contribution in [2.75, 3.05) is 36.5 Å². The second-order valence-electron chi connectivity index (χ2n) is 7.10. The normalized spacial score (nSPS) is 24.0. The fourth-order valence-electron chi connectivity index (χ4n) is 3.24. The molecule has 2 aliphatic rings. The van der Waals surface area contributed by atoms with Gasteiger partial charge in [-0.2, -0.15) is 0 Å². The molecule has 8 heteroatoms. The Morgan fingerprint density at radius 3 is 2.44 bits per heavy atom. The van der Waals surface area contributed by atoms with Crippen LogP contribution in [0.3, 0.4) is 0 Å². The first-order chi connectivity index (χ1) is 12.9. The van der Waals surface area contributed by atoms with Gasteiger partial charge in [0.05, 0.1) is 13.2 Å². The van der Waals surface area contributed by atoms with Crippen LogP contribution in [0.5, 0.6) is 0 Å². The zero-order valence-corrected chi connectivity index (χ0v) is 15.9. The van der Waals surface area contributed by atoms with Gasteiger partial charge < -0.3 is 20.3 Å². The molecule has 0 saturated carbocycles. The average molecular weight is 374 g/mol. The zero-order valence-electron chi connectivity index (χ0n) is 15.9. The van der Waals surface area contributed by atoms with E-state index in [-0.39, 0.29) is 5.91 Å². The summed E-state index contributed by atoms with van der Waals surface area (Å²) in [5, 5.41) is 5.44. The molecule has 2 saturated heterocycles. The Hall–Kier alpha value is -2.61. The molecule has 27 heavy (non-hydrogen) atoms. The summed E-state index contributed by atoms with van der Waals surface area (Å²) < 4.78 is 5.35. The number of nitrogens with one attached hydrogen (secondary N) is 2. The van der Waals surface area contributed by atoms with Gasteiger partial charge in [-0.15, -0.1) is 0 Å². The van der Waals surface area contributed by atoms with Crippen molar-refractivity contribution in [3.05, 3.63) is 24.3 Å². The smallest absolute Gasteiger partial charge is 0.325 e. The summed E-state index contributed by atoms with van der Waals surface area (Å²) >= 11 is 0. The van der Waals surface area contributed by atoms with E-state index < -0.39 is 23.5 Å².